The number of amidine groups is 1. The highest BCUT2D eigenvalue weighted by Gasteiger charge is 2.31. The van der Waals surface area contributed by atoms with Crippen LogP contribution in [0, 0.1) is 5.41 Å². The Morgan fingerprint density at radius 2 is 1.52 bits per heavy atom. The minimum absolute atomic E-state index is 0.0314. The van der Waals surface area contributed by atoms with Crippen LogP contribution in [0.25, 0.3) is 22.4 Å². The van der Waals surface area contributed by atoms with Gasteiger partial charge in [0.2, 0.25) is 0 Å². The molecule has 5 nitrogen and oxygen atoms in total. The molecule has 0 atom stereocenters. The molecular formula is C25H19F3N4O. The highest BCUT2D eigenvalue weighted by atomic mass is 19.4. The van der Waals surface area contributed by atoms with Gasteiger partial charge in [0, 0.05) is 17.3 Å². The first-order valence-electron chi connectivity index (χ1n) is 9.88. The number of nitrogens with zero attached hydrogens (tertiary/aromatic N) is 1. The summed E-state index contributed by atoms with van der Waals surface area (Å²) in [4.78, 5) is 4.31. The number of nitrogens with two attached hydrogens (primary N) is 2. The summed E-state index contributed by atoms with van der Waals surface area (Å²) < 4.78 is 45.2. The number of nitrogens with one attached hydrogen (secondary N) is 1. The van der Waals surface area contributed by atoms with E-state index in [1.54, 1.807) is 24.3 Å². The van der Waals surface area contributed by atoms with E-state index in [0.717, 1.165) is 12.1 Å². The van der Waals surface area contributed by atoms with E-state index in [2.05, 4.69) is 4.98 Å². The molecular weight excluding hydrogens is 429 g/mol. The van der Waals surface area contributed by atoms with Crippen molar-refractivity contribution in [2.75, 3.05) is 5.73 Å². The first-order chi connectivity index (χ1) is 15.7. The summed E-state index contributed by atoms with van der Waals surface area (Å²) in [6.45, 7) is 0. The van der Waals surface area contributed by atoms with Gasteiger partial charge in [0.25, 0.3) is 0 Å². The van der Waals surface area contributed by atoms with E-state index >= 15 is 0 Å². The first-order valence-corrected chi connectivity index (χ1v) is 9.88. The molecule has 0 amide bonds. The third-order valence-corrected chi connectivity index (χ3v) is 4.99. The van der Waals surface area contributed by atoms with E-state index in [0.29, 0.717) is 22.6 Å². The Hall–Kier alpha value is -4.33. The van der Waals surface area contributed by atoms with Crippen LogP contribution >= 0.6 is 0 Å². The van der Waals surface area contributed by atoms with Crippen molar-refractivity contribution in [2.45, 2.75) is 6.18 Å². The minimum atomic E-state index is -4.50. The van der Waals surface area contributed by atoms with E-state index in [-0.39, 0.29) is 28.3 Å². The molecule has 3 aromatic carbocycles. The Morgan fingerprint density at radius 1 is 0.848 bits per heavy atom. The van der Waals surface area contributed by atoms with E-state index < -0.39 is 11.7 Å². The maximum absolute atomic E-state index is 13.1. The second-order valence-corrected chi connectivity index (χ2v) is 7.24. The summed E-state index contributed by atoms with van der Waals surface area (Å²) in [6, 6.07) is 21.0. The molecule has 33 heavy (non-hydrogen) atoms. The maximum Gasteiger partial charge on any atom is 0.416 e. The lowest BCUT2D eigenvalue weighted by Gasteiger charge is -2.16. The fourth-order valence-corrected chi connectivity index (χ4v) is 3.44. The number of rotatable bonds is 5. The van der Waals surface area contributed by atoms with E-state index in [1.807, 2.05) is 30.3 Å². The van der Waals surface area contributed by atoms with Gasteiger partial charge in [-0.1, -0.05) is 42.5 Å². The Bertz CT molecular complexity index is 1300. The molecule has 0 saturated carbocycles. The molecule has 4 aromatic rings. The van der Waals surface area contributed by atoms with Gasteiger partial charge in [0.05, 0.1) is 22.5 Å². The predicted octanol–water partition coefficient (Wildman–Crippen LogP) is 6.09. The monoisotopic (exact) mass is 448 g/mol. The average molecular weight is 448 g/mol. The number of halogens is 3. The molecule has 1 aromatic heterocycles. The summed E-state index contributed by atoms with van der Waals surface area (Å²) >= 11 is 0. The third-order valence-electron chi connectivity index (χ3n) is 4.99. The summed E-state index contributed by atoms with van der Waals surface area (Å²) in [5, 5.41) is 8.02. The van der Waals surface area contributed by atoms with Gasteiger partial charge < -0.3 is 16.2 Å². The smallest absolute Gasteiger partial charge is 0.416 e. The Morgan fingerprint density at radius 3 is 2.15 bits per heavy atom. The molecule has 0 fully saturated rings. The topological polar surface area (TPSA) is 98.0 Å². The summed E-state index contributed by atoms with van der Waals surface area (Å²) in [5.74, 6) is 0.976. The van der Waals surface area contributed by atoms with Gasteiger partial charge in [-0.25, -0.2) is 0 Å². The standard InChI is InChI=1S/C25H19F3N4O/c26-25(27,28)17-6-4-5-16(13-17)23-22(29)21(24(30)31)20(14-32-23)15-9-11-19(12-10-15)33-18-7-2-1-3-8-18/h1-14H,29H2,(H3,30,31). The van der Waals surface area contributed by atoms with Crippen LogP contribution in [-0.4, -0.2) is 10.8 Å². The largest absolute Gasteiger partial charge is 0.457 e. The van der Waals surface area contributed by atoms with Crippen molar-refractivity contribution >= 4 is 11.5 Å². The fraction of sp³-hybridized carbons (Fsp3) is 0.0400. The van der Waals surface area contributed by atoms with Crippen molar-refractivity contribution in [1.29, 1.82) is 5.41 Å². The molecule has 8 heteroatoms. The van der Waals surface area contributed by atoms with Crippen molar-refractivity contribution < 1.29 is 17.9 Å². The molecule has 166 valence electrons. The number of nitrogen functional groups attached to an aromatic ring is 2. The number of ether oxygens (including phenoxy) is 1. The van der Waals surface area contributed by atoms with Crippen LogP contribution in [0.15, 0.2) is 85.1 Å². The zero-order valence-corrected chi connectivity index (χ0v) is 17.2. The quantitative estimate of drug-likeness (QED) is 0.254. The molecule has 0 bridgehead atoms. The zero-order chi connectivity index (χ0) is 23.6. The highest BCUT2D eigenvalue weighted by Crippen LogP contribution is 2.37. The Kier molecular flexibility index (Phi) is 5.74. The number of anilines is 1. The second kappa shape index (κ2) is 8.66. The molecule has 0 aliphatic heterocycles. The Balaban J connectivity index is 1.72. The van der Waals surface area contributed by atoms with E-state index in [1.165, 1.54) is 18.3 Å². The molecule has 0 radical (unpaired) electrons. The minimum Gasteiger partial charge on any atom is -0.457 e. The fourth-order valence-electron chi connectivity index (χ4n) is 3.44. The molecule has 4 rings (SSSR count). The van der Waals surface area contributed by atoms with Crippen LogP contribution < -0.4 is 16.2 Å². The number of alkyl halides is 3. The molecule has 0 unspecified atom stereocenters. The van der Waals surface area contributed by atoms with E-state index in [9.17, 15) is 13.2 Å². The van der Waals surface area contributed by atoms with Crippen molar-refractivity contribution in [1.82, 2.24) is 4.98 Å². The van der Waals surface area contributed by atoms with Gasteiger partial charge in [-0.15, -0.1) is 0 Å². The number of benzene rings is 3. The van der Waals surface area contributed by atoms with Crippen LogP contribution in [0.4, 0.5) is 18.9 Å². The number of pyridine rings is 1. The normalized spacial score (nSPS) is 11.2. The number of para-hydroxylation sites is 1. The maximum atomic E-state index is 13.1. The Labute approximate surface area is 188 Å². The van der Waals surface area contributed by atoms with Crippen LogP contribution in [0.3, 0.4) is 0 Å². The SMILES string of the molecule is N=C(N)c1c(-c2ccc(Oc3ccccc3)cc2)cnc(-c2cccc(C(F)(F)F)c2)c1N. The van der Waals surface area contributed by atoms with Crippen LogP contribution in [-0.2, 0) is 6.18 Å². The highest BCUT2D eigenvalue weighted by molar-refractivity contribution is 6.08. The molecule has 0 spiro atoms. The molecule has 0 aliphatic carbocycles. The number of aromatic nitrogens is 1. The van der Waals surface area contributed by atoms with Crippen LogP contribution in [0.5, 0.6) is 11.5 Å². The van der Waals surface area contributed by atoms with Gasteiger partial charge in [0.1, 0.15) is 17.3 Å². The lowest BCUT2D eigenvalue weighted by Crippen LogP contribution is -2.16. The van der Waals surface area contributed by atoms with Crippen LogP contribution in [0.1, 0.15) is 11.1 Å². The van der Waals surface area contributed by atoms with E-state index in [4.69, 9.17) is 21.6 Å². The van der Waals surface area contributed by atoms with Crippen LogP contribution in [0.2, 0.25) is 0 Å². The zero-order valence-electron chi connectivity index (χ0n) is 17.2. The first kappa shape index (κ1) is 21.9. The number of hydrogen-bond donors (Lipinski definition) is 3. The van der Waals surface area contributed by atoms with Crippen molar-refractivity contribution in [2.24, 2.45) is 5.73 Å². The summed E-state index contributed by atoms with van der Waals surface area (Å²) in [7, 11) is 0. The third kappa shape index (κ3) is 4.64. The second-order valence-electron chi connectivity index (χ2n) is 7.24. The van der Waals surface area contributed by atoms with Crippen molar-refractivity contribution in [3.63, 3.8) is 0 Å². The van der Waals surface area contributed by atoms with Gasteiger partial charge in [-0.3, -0.25) is 10.4 Å². The van der Waals surface area contributed by atoms with Gasteiger partial charge in [-0.2, -0.15) is 13.2 Å². The lowest BCUT2D eigenvalue weighted by atomic mass is 9.96. The van der Waals surface area contributed by atoms with Crippen molar-refractivity contribution in [3.05, 3.63) is 96.2 Å². The average Bonchev–Trinajstić information content (AvgIpc) is 2.79. The lowest BCUT2D eigenvalue weighted by molar-refractivity contribution is -0.137. The molecule has 1 heterocycles. The van der Waals surface area contributed by atoms with Crippen molar-refractivity contribution in [3.8, 4) is 33.9 Å². The van der Waals surface area contributed by atoms with Gasteiger partial charge >= 0.3 is 6.18 Å². The molecule has 5 N–H and O–H groups in total. The predicted molar refractivity (Wildman–Crippen MR) is 122 cm³/mol. The van der Waals surface area contributed by atoms with Gasteiger partial charge in [-0.05, 0) is 42.0 Å². The van der Waals surface area contributed by atoms with Gasteiger partial charge in [0.15, 0.2) is 0 Å². The summed E-state index contributed by atoms with van der Waals surface area (Å²) in [5.41, 5.74) is 12.9. The number of hydrogen-bond acceptors (Lipinski definition) is 4. The molecule has 0 aliphatic rings. The molecule has 0 saturated heterocycles. The summed E-state index contributed by atoms with van der Waals surface area (Å²) in [6.07, 6.45) is -3.05.